The highest BCUT2D eigenvalue weighted by atomic mass is 19.1. The summed E-state index contributed by atoms with van der Waals surface area (Å²) in [6, 6.07) is 30.2. The van der Waals surface area contributed by atoms with Crippen LogP contribution in [0.2, 0.25) is 0 Å². The molecule has 0 aliphatic carbocycles. The lowest BCUT2D eigenvalue weighted by Gasteiger charge is -2.07. The van der Waals surface area contributed by atoms with Crippen molar-refractivity contribution in [3.05, 3.63) is 114 Å². The molecule has 0 amide bonds. The Bertz CT molecular complexity index is 1880. The maximum absolute atomic E-state index is 14.7. The van der Waals surface area contributed by atoms with E-state index in [4.69, 9.17) is 4.42 Å². The molecule has 0 aliphatic rings. The van der Waals surface area contributed by atoms with E-state index in [0.717, 1.165) is 49.8 Å². The molecule has 37 heavy (non-hydrogen) atoms. The minimum Gasteiger partial charge on any atom is -0.454 e. The molecular formula is C33H24FN2O+. The average Bonchev–Trinajstić information content (AvgIpc) is 3.29. The topological polar surface area (TPSA) is 40.8 Å². The molecule has 4 aromatic carbocycles. The predicted molar refractivity (Wildman–Crippen MR) is 145 cm³/mol. The van der Waals surface area contributed by atoms with Gasteiger partial charge >= 0.3 is 0 Å². The highest BCUT2D eigenvalue weighted by molar-refractivity contribution is 6.13. The van der Waals surface area contributed by atoms with Gasteiger partial charge in [0.15, 0.2) is 6.20 Å². The Hall–Kier alpha value is -4.75. The Morgan fingerprint density at radius 2 is 1.51 bits per heavy atom. The molecule has 0 fully saturated rings. The Kier molecular flexibility index (Phi) is 5.35. The van der Waals surface area contributed by atoms with Gasteiger partial charge in [-0.25, -0.2) is 8.96 Å². The van der Waals surface area contributed by atoms with Gasteiger partial charge < -0.3 is 4.42 Å². The number of rotatable bonds is 3. The van der Waals surface area contributed by atoms with Gasteiger partial charge in [0.2, 0.25) is 5.69 Å². The standard InChI is InChI=1S/C33H24FN2O/c1-20-12-13-26-28-15-22(18-35)14-27(25-11-7-10-24(16-25)23-8-5-4-6-9-23)32(28)37-33(26)31(20)30-17-29(34)21(2)19-36(30)3/h4-17,19H,1-3H3/q+1. The van der Waals surface area contributed by atoms with Crippen LogP contribution < -0.4 is 4.57 Å². The summed E-state index contributed by atoms with van der Waals surface area (Å²) in [4.78, 5) is 0. The molecule has 178 valence electrons. The maximum atomic E-state index is 14.7. The highest BCUT2D eigenvalue weighted by Gasteiger charge is 2.24. The molecule has 0 saturated carbocycles. The van der Waals surface area contributed by atoms with Crippen LogP contribution in [0.3, 0.4) is 0 Å². The molecule has 0 saturated heterocycles. The molecule has 3 nitrogen and oxygen atoms in total. The highest BCUT2D eigenvalue weighted by Crippen LogP contribution is 2.42. The number of pyridine rings is 1. The first-order valence-corrected chi connectivity index (χ1v) is 12.2. The van der Waals surface area contributed by atoms with E-state index in [1.54, 1.807) is 19.2 Å². The average molecular weight is 484 g/mol. The van der Waals surface area contributed by atoms with E-state index in [2.05, 4.69) is 30.3 Å². The van der Waals surface area contributed by atoms with Gasteiger partial charge in [-0.15, -0.1) is 0 Å². The number of halogens is 1. The van der Waals surface area contributed by atoms with Crippen molar-refractivity contribution in [3.8, 4) is 39.6 Å². The molecule has 2 aromatic heterocycles. The van der Waals surface area contributed by atoms with Crippen molar-refractivity contribution in [2.45, 2.75) is 13.8 Å². The fourth-order valence-electron chi connectivity index (χ4n) is 5.14. The third-order valence-corrected chi connectivity index (χ3v) is 7.02. The second kappa shape index (κ2) is 8.72. The molecule has 0 atom stereocenters. The second-order valence-corrected chi connectivity index (χ2v) is 9.50. The zero-order valence-electron chi connectivity index (χ0n) is 20.8. The summed E-state index contributed by atoms with van der Waals surface area (Å²) < 4.78 is 23.2. The van der Waals surface area contributed by atoms with Crippen LogP contribution in [0.5, 0.6) is 0 Å². The van der Waals surface area contributed by atoms with E-state index < -0.39 is 0 Å². The van der Waals surface area contributed by atoms with Crippen LogP contribution >= 0.6 is 0 Å². The number of nitrogens with zero attached hydrogens (tertiary/aromatic N) is 2. The molecule has 0 bridgehead atoms. The van der Waals surface area contributed by atoms with Crippen molar-refractivity contribution in [1.82, 2.24) is 0 Å². The predicted octanol–water partition coefficient (Wildman–Crippen LogP) is 8.04. The van der Waals surface area contributed by atoms with Crippen LogP contribution in [0.4, 0.5) is 4.39 Å². The molecule has 0 N–H and O–H groups in total. The van der Waals surface area contributed by atoms with Crippen LogP contribution in [0.25, 0.3) is 55.4 Å². The quantitative estimate of drug-likeness (QED) is 0.239. The number of aryl methyl sites for hydroxylation is 3. The fraction of sp³-hybridized carbons (Fsp3) is 0.0909. The molecular weight excluding hydrogens is 459 g/mol. The summed E-state index contributed by atoms with van der Waals surface area (Å²) in [5.41, 5.74) is 9.13. The Morgan fingerprint density at radius 3 is 2.30 bits per heavy atom. The molecule has 0 unspecified atom stereocenters. The van der Waals surface area contributed by atoms with Crippen molar-refractivity contribution in [1.29, 1.82) is 5.26 Å². The summed E-state index contributed by atoms with van der Waals surface area (Å²) in [6.07, 6.45) is 1.79. The minimum atomic E-state index is -0.259. The van der Waals surface area contributed by atoms with E-state index in [0.29, 0.717) is 22.3 Å². The first-order chi connectivity index (χ1) is 17.9. The molecule has 4 heteroatoms. The zero-order valence-corrected chi connectivity index (χ0v) is 20.8. The SMILES string of the molecule is Cc1c[n+](C)c(-c2c(C)ccc3c2oc2c(-c4cccc(-c5ccccc5)c4)cc(C#N)cc23)cc1F. The summed E-state index contributed by atoms with van der Waals surface area (Å²) in [6.45, 7) is 3.76. The van der Waals surface area contributed by atoms with Crippen LogP contribution in [0.15, 0.2) is 95.5 Å². The van der Waals surface area contributed by atoms with Crippen molar-refractivity contribution in [3.63, 3.8) is 0 Å². The Labute approximate surface area is 214 Å². The van der Waals surface area contributed by atoms with Crippen LogP contribution in [-0.4, -0.2) is 0 Å². The summed E-state index contributed by atoms with van der Waals surface area (Å²) in [5, 5.41) is 11.6. The lowest BCUT2D eigenvalue weighted by molar-refractivity contribution is -0.661. The zero-order chi connectivity index (χ0) is 25.7. The molecule has 6 aromatic rings. The monoisotopic (exact) mass is 483 g/mol. The van der Waals surface area contributed by atoms with E-state index in [-0.39, 0.29) is 5.82 Å². The molecule has 0 spiro atoms. The number of fused-ring (bicyclic) bond motifs is 3. The second-order valence-electron chi connectivity index (χ2n) is 9.50. The third kappa shape index (κ3) is 3.77. The van der Waals surface area contributed by atoms with Crippen LogP contribution in [0.1, 0.15) is 16.7 Å². The maximum Gasteiger partial charge on any atom is 0.219 e. The van der Waals surface area contributed by atoms with Gasteiger partial charge in [-0.3, -0.25) is 0 Å². The summed E-state index contributed by atoms with van der Waals surface area (Å²) in [5.74, 6) is -0.259. The minimum absolute atomic E-state index is 0.259. The van der Waals surface area contributed by atoms with Crippen molar-refractivity contribution >= 4 is 21.9 Å². The molecule has 2 heterocycles. The van der Waals surface area contributed by atoms with Crippen molar-refractivity contribution in [2.75, 3.05) is 0 Å². The summed E-state index contributed by atoms with van der Waals surface area (Å²) in [7, 11) is 1.91. The van der Waals surface area contributed by atoms with E-state index in [1.807, 2.05) is 73.1 Å². The number of hydrogen-bond acceptors (Lipinski definition) is 2. The molecule has 6 rings (SSSR count). The van der Waals surface area contributed by atoms with Gasteiger partial charge in [0.25, 0.3) is 0 Å². The largest absolute Gasteiger partial charge is 0.454 e. The van der Waals surface area contributed by atoms with Gasteiger partial charge in [0.05, 0.1) is 17.2 Å². The lowest BCUT2D eigenvalue weighted by atomic mass is 9.95. The van der Waals surface area contributed by atoms with Crippen molar-refractivity contribution < 1.29 is 13.4 Å². The van der Waals surface area contributed by atoms with E-state index >= 15 is 0 Å². The summed E-state index contributed by atoms with van der Waals surface area (Å²) >= 11 is 0. The number of aromatic nitrogens is 1. The fourth-order valence-corrected chi connectivity index (χ4v) is 5.14. The first kappa shape index (κ1) is 22.7. The van der Waals surface area contributed by atoms with Crippen LogP contribution in [0, 0.1) is 31.0 Å². The third-order valence-electron chi connectivity index (χ3n) is 7.02. The van der Waals surface area contributed by atoms with Gasteiger partial charge in [-0.05, 0) is 54.3 Å². The molecule has 0 aliphatic heterocycles. The van der Waals surface area contributed by atoms with Gasteiger partial charge in [-0.2, -0.15) is 5.26 Å². The van der Waals surface area contributed by atoms with Gasteiger partial charge in [-0.1, -0.05) is 60.7 Å². The number of benzene rings is 4. The molecule has 0 radical (unpaired) electrons. The Morgan fingerprint density at radius 1 is 0.757 bits per heavy atom. The van der Waals surface area contributed by atoms with Gasteiger partial charge in [0, 0.05) is 28.0 Å². The van der Waals surface area contributed by atoms with E-state index in [1.165, 1.54) is 0 Å². The van der Waals surface area contributed by atoms with Crippen molar-refractivity contribution in [2.24, 2.45) is 7.05 Å². The number of hydrogen-bond donors (Lipinski definition) is 0. The number of furan rings is 1. The number of nitriles is 1. The smallest absolute Gasteiger partial charge is 0.219 e. The van der Waals surface area contributed by atoms with Gasteiger partial charge in [0.1, 0.15) is 24.0 Å². The van der Waals surface area contributed by atoms with E-state index in [9.17, 15) is 9.65 Å². The Balaban J connectivity index is 1.66. The first-order valence-electron chi connectivity index (χ1n) is 12.2. The lowest BCUT2D eigenvalue weighted by Crippen LogP contribution is -2.31. The normalized spacial score (nSPS) is 11.2. The van der Waals surface area contributed by atoms with Crippen LogP contribution in [-0.2, 0) is 7.05 Å².